The van der Waals surface area contributed by atoms with Gasteiger partial charge in [0.2, 0.25) is 10.0 Å². The van der Waals surface area contributed by atoms with Crippen LogP contribution in [0, 0.1) is 0 Å². The van der Waals surface area contributed by atoms with Crippen molar-refractivity contribution in [2.75, 3.05) is 26.2 Å². The molecule has 5 nitrogen and oxygen atoms in total. The number of amides is 1. The van der Waals surface area contributed by atoms with E-state index in [4.69, 9.17) is 11.6 Å². The average molecular weight is 391 g/mol. The predicted octanol–water partition coefficient (Wildman–Crippen LogP) is 3.10. The maximum absolute atomic E-state index is 12.5. The molecule has 136 valence electrons. The molecule has 0 unspecified atom stereocenters. The van der Waals surface area contributed by atoms with Gasteiger partial charge >= 0.3 is 0 Å². The number of carbonyl (C=O) groups is 1. The van der Waals surface area contributed by atoms with Crippen LogP contribution in [-0.4, -0.2) is 49.7 Å². The summed E-state index contributed by atoms with van der Waals surface area (Å²) in [5.74, 6) is -0.112. The van der Waals surface area contributed by atoms with E-state index in [1.807, 2.05) is 30.3 Å². The highest BCUT2D eigenvalue weighted by Crippen LogP contribution is 2.15. The monoisotopic (exact) mass is 390 g/mol. The lowest BCUT2D eigenvalue weighted by atomic mass is 10.2. The highest BCUT2D eigenvalue weighted by atomic mass is 35.5. The van der Waals surface area contributed by atoms with Gasteiger partial charge in [-0.05, 0) is 35.9 Å². The second kappa shape index (κ2) is 8.03. The number of piperazine rings is 1. The van der Waals surface area contributed by atoms with Crippen LogP contribution in [0.2, 0.25) is 5.02 Å². The summed E-state index contributed by atoms with van der Waals surface area (Å²) in [4.78, 5) is 14.1. The third-order valence-corrected chi connectivity index (χ3v) is 6.03. The van der Waals surface area contributed by atoms with Crippen molar-refractivity contribution in [2.45, 2.75) is 0 Å². The molecule has 2 aromatic rings. The largest absolute Gasteiger partial charge is 0.336 e. The first-order valence-corrected chi connectivity index (χ1v) is 10.1. The topological polar surface area (TPSA) is 57.7 Å². The summed E-state index contributed by atoms with van der Waals surface area (Å²) >= 11 is 5.84. The van der Waals surface area contributed by atoms with Crippen molar-refractivity contribution in [3.63, 3.8) is 0 Å². The summed E-state index contributed by atoms with van der Waals surface area (Å²) in [6, 6.07) is 16.0. The molecule has 0 saturated carbocycles. The van der Waals surface area contributed by atoms with Gasteiger partial charge in [0.15, 0.2) is 0 Å². The third-order valence-electron chi connectivity index (χ3n) is 4.21. The fourth-order valence-corrected chi connectivity index (χ4v) is 4.03. The molecule has 26 heavy (non-hydrogen) atoms. The molecule has 1 aliphatic rings. The van der Waals surface area contributed by atoms with E-state index in [1.54, 1.807) is 35.2 Å². The molecule has 0 aromatic heterocycles. The summed E-state index contributed by atoms with van der Waals surface area (Å²) in [5.41, 5.74) is 1.38. The van der Waals surface area contributed by atoms with Crippen LogP contribution in [0.1, 0.15) is 15.9 Å². The van der Waals surface area contributed by atoms with Gasteiger partial charge in [0.05, 0.1) is 0 Å². The second-order valence-corrected chi connectivity index (χ2v) is 8.21. The minimum absolute atomic E-state index is 0.112. The van der Waals surface area contributed by atoms with Crippen molar-refractivity contribution in [1.29, 1.82) is 0 Å². The van der Waals surface area contributed by atoms with Crippen molar-refractivity contribution in [3.8, 4) is 0 Å². The van der Waals surface area contributed by atoms with Crippen LogP contribution in [0.15, 0.2) is 60.0 Å². The van der Waals surface area contributed by atoms with Crippen LogP contribution in [-0.2, 0) is 10.0 Å². The van der Waals surface area contributed by atoms with Crippen molar-refractivity contribution in [3.05, 3.63) is 76.2 Å². The Bertz CT molecular complexity index is 888. The molecule has 0 radical (unpaired) electrons. The van der Waals surface area contributed by atoms with E-state index < -0.39 is 10.0 Å². The molecule has 3 rings (SSSR count). The molecule has 0 aliphatic carbocycles. The Morgan fingerprint density at radius 1 is 0.923 bits per heavy atom. The number of halogens is 1. The summed E-state index contributed by atoms with van der Waals surface area (Å²) < 4.78 is 26.3. The van der Waals surface area contributed by atoms with Crippen molar-refractivity contribution >= 4 is 33.6 Å². The van der Waals surface area contributed by atoms with E-state index in [-0.39, 0.29) is 19.0 Å². The van der Waals surface area contributed by atoms with Gasteiger partial charge in [-0.3, -0.25) is 4.79 Å². The Morgan fingerprint density at radius 2 is 1.54 bits per heavy atom. The predicted molar refractivity (Wildman–Crippen MR) is 103 cm³/mol. The number of carbonyl (C=O) groups excluding carboxylic acids is 1. The molecule has 1 amide bonds. The summed E-state index contributed by atoms with van der Waals surface area (Å²) in [7, 11) is -3.50. The van der Waals surface area contributed by atoms with Crippen molar-refractivity contribution in [1.82, 2.24) is 9.21 Å². The van der Waals surface area contributed by atoms with Gasteiger partial charge in [-0.1, -0.05) is 41.9 Å². The fraction of sp³-hybridized carbons (Fsp3) is 0.211. The summed E-state index contributed by atoms with van der Waals surface area (Å²) in [6.45, 7) is 1.28. The SMILES string of the molecule is O=C(c1ccc(Cl)cc1)N1CCN(S(=O)(=O)/C=C/c2ccccc2)CC1. The zero-order valence-corrected chi connectivity index (χ0v) is 15.7. The number of rotatable bonds is 4. The van der Waals surface area contributed by atoms with Crippen LogP contribution in [0.5, 0.6) is 0 Å². The molecule has 1 fully saturated rings. The van der Waals surface area contributed by atoms with Crippen LogP contribution in [0.3, 0.4) is 0 Å². The zero-order valence-electron chi connectivity index (χ0n) is 14.1. The van der Waals surface area contributed by atoms with Gasteiger partial charge in [-0.25, -0.2) is 8.42 Å². The van der Waals surface area contributed by atoms with Crippen LogP contribution >= 0.6 is 11.6 Å². The lowest BCUT2D eigenvalue weighted by Crippen LogP contribution is -2.50. The molecule has 0 atom stereocenters. The normalized spacial score (nSPS) is 16.1. The summed E-state index contributed by atoms with van der Waals surface area (Å²) in [5, 5.41) is 1.79. The van der Waals surface area contributed by atoms with E-state index in [1.165, 1.54) is 9.71 Å². The van der Waals surface area contributed by atoms with E-state index in [2.05, 4.69) is 0 Å². The molecule has 1 saturated heterocycles. The number of hydrogen-bond donors (Lipinski definition) is 0. The maximum Gasteiger partial charge on any atom is 0.253 e. The van der Waals surface area contributed by atoms with Gasteiger partial charge in [0.1, 0.15) is 0 Å². The Labute approximate surface area is 158 Å². The Morgan fingerprint density at radius 3 is 2.15 bits per heavy atom. The minimum Gasteiger partial charge on any atom is -0.336 e. The van der Waals surface area contributed by atoms with E-state index >= 15 is 0 Å². The Kier molecular flexibility index (Phi) is 5.76. The van der Waals surface area contributed by atoms with Crippen molar-refractivity contribution < 1.29 is 13.2 Å². The van der Waals surface area contributed by atoms with Gasteiger partial charge in [0, 0.05) is 42.2 Å². The smallest absolute Gasteiger partial charge is 0.253 e. The molecular weight excluding hydrogens is 372 g/mol. The summed E-state index contributed by atoms with van der Waals surface area (Å²) in [6.07, 6.45) is 1.58. The number of nitrogens with zero attached hydrogens (tertiary/aromatic N) is 2. The Balaban J connectivity index is 1.61. The number of hydrogen-bond acceptors (Lipinski definition) is 3. The molecule has 0 spiro atoms. The molecule has 1 heterocycles. The van der Waals surface area contributed by atoms with Crippen molar-refractivity contribution in [2.24, 2.45) is 0 Å². The van der Waals surface area contributed by atoms with Crippen LogP contribution < -0.4 is 0 Å². The molecule has 0 bridgehead atoms. The highest BCUT2D eigenvalue weighted by Gasteiger charge is 2.27. The van der Waals surface area contributed by atoms with Crippen LogP contribution in [0.4, 0.5) is 0 Å². The first-order chi connectivity index (χ1) is 12.5. The van der Waals surface area contributed by atoms with Crippen LogP contribution in [0.25, 0.3) is 6.08 Å². The van der Waals surface area contributed by atoms with Gasteiger partial charge < -0.3 is 4.90 Å². The number of sulfonamides is 1. The molecule has 2 aromatic carbocycles. The maximum atomic E-state index is 12.5. The van der Waals surface area contributed by atoms with Gasteiger partial charge in [0.25, 0.3) is 5.91 Å². The molecule has 0 N–H and O–H groups in total. The minimum atomic E-state index is -3.50. The third kappa shape index (κ3) is 4.52. The number of benzene rings is 2. The second-order valence-electron chi connectivity index (χ2n) is 5.96. The van der Waals surface area contributed by atoms with E-state index in [0.717, 1.165) is 5.56 Å². The Hall–Kier alpha value is -2.15. The molecular formula is C19H19ClN2O3S. The van der Waals surface area contributed by atoms with Gasteiger partial charge in [-0.2, -0.15) is 4.31 Å². The highest BCUT2D eigenvalue weighted by molar-refractivity contribution is 7.92. The first-order valence-electron chi connectivity index (χ1n) is 8.24. The molecule has 7 heteroatoms. The average Bonchev–Trinajstić information content (AvgIpc) is 2.67. The zero-order chi connectivity index (χ0) is 18.6. The van der Waals surface area contributed by atoms with Gasteiger partial charge in [-0.15, -0.1) is 0 Å². The quantitative estimate of drug-likeness (QED) is 0.806. The first kappa shape index (κ1) is 18.6. The fourth-order valence-electron chi connectivity index (χ4n) is 2.74. The van der Waals surface area contributed by atoms with E-state index in [0.29, 0.717) is 23.7 Å². The standard InChI is InChI=1S/C19H19ClN2O3S/c20-18-8-6-17(7-9-18)19(23)21-11-13-22(14-12-21)26(24,25)15-10-16-4-2-1-3-5-16/h1-10,15H,11-14H2/b15-10+. The lowest BCUT2D eigenvalue weighted by Gasteiger charge is -2.33. The van der Waals surface area contributed by atoms with E-state index in [9.17, 15) is 13.2 Å². The molecule has 1 aliphatic heterocycles. The lowest BCUT2D eigenvalue weighted by molar-refractivity contribution is 0.0698.